The summed E-state index contributed by atoms with van der Waals surface area (Å²) in [7, 11) is 1.50. The van der Waals surface area contributed by atoms with Crippen LogP contribution in [-0.4, -0.2) is 42.6 Å². The molecule has 7 heteroatoms. The number of hydrogen-bond acceptors (Lipinski definition) is 3. The summed E-state index contributed by atoms with van der Waals surface area (Å²) in [6, 6.07) is 9.20. The number of carbonyl (C=O) groups is 1. The summed E-state index contributed by atoms with van der Waals surface area (Å²) in [6.45, 7) is 3.27. The molecule has 3 rings (SSSR count). The third-order valence-corrected chi connectivity index (χ3v) is 4.95. The lowest BCUT2D eigenvalue weighted by Crippen LogP contribution is -2.31. The van der Waals surface area contributed by atoms with Gasteiger partial charge in [0.05, 0.1) is 5.56 Å². The molecule has 1 aliphatic heterocycles. The molecule has 1 aliphatic rings. The van der Waals surface area contributed by atoms with E-state index in [0.29, 0.717) is 19.5 Å². The highest BCUT2D eigenvalue weighted by atomic mass is 19.4. The van der Waals surface area contributed by atoms with Crippen LogP contribution in [0, 0.1) is 6.92 Å². The van der Waals surface area contributed by atoms with Gasteiger partial charge in [-0.15, -0.1) is 0 Å². The molecule has 0 radical (unpaired) electrons. The van der Waals surface area contributed by atoms with Crippen LogP contribution in [0.5, 0.6) is 0 Å². The predicted molar refractivity (Wildman–Crippen MR) is 99.0 cm³/mol. The average molecular weight is 392 g/mol. The molecule has 28 heavy (non-hydrogen) atoms. The van der Waals surface area contributed by atoms with E-state index in [0.717, 1.165) is 41.1 Å². The molecule has 0 aliphatic carbocycles. The summed E-state index contributed by atoms with van der Waals surface area (Å²) in [5.74, 6) is 0.134. The maximum atomic E-state index is 12.7. The molecule has 2 aromatic rings. The van der Waals surface area contributed by atoms with Crippen molar-refractivity contribution in [2.24, 2.45) is 0 Å². The van der Waals surface area contributed by atoms with Gasteiger partial charge in [-0.2, -0.15) is 13.2 Å². The van der Waals surface area contributed by atoms with E-state index >= 15 is 0 Å². The smallest absolute Gasteiger partial charge is 0.375 e. The van der Waals surface area contributed by atoms with E-state index in [1.807, 2.05) is 19.1 Å². The Balaban J connectivity index is 1.73. The van der Waals surface area contributed by atoms with Crippen molar-refractivity contribution in [3.05, 3.63) is 64.5 Å². The Bertz CT molecular complexity index is 835. The third kappa shape index (κ3) is 4.90. The Morgan fingerprint density at radius 3 is 2.57 bits per heavy atom. The normalized spacial score (nSPS) is 17.2. The Labute approximate surface area is 162 Å². The van der Waals surface area contributed by atoms with E-state index in [2.05, 4.69) is 4.98 Å². The maximum absolute atomic E-state index is 12.7. The van der Waals surface area contributed by atoms with Crippen molar-refractivity contribution < 1.29 is 22.7 Å². The summed E-state index contributed by atoms with van der Waals surface area (Å²) >= 11 is 0. The highest BCUT2D eigenvalue weighted by Crippen LogP contribution is 2.30. The van der Waals surface area contributed by atoms with Crippen LogP contribution in [0.15, 0.2) is 36.4 Å². The molecule has 1 atom stereocenters. The van der Waals surface area contributed by atoms with Crippen molar-refractivity contribution in [1.29, 1.82) is 0 Å². The van der Waals surface area contributed by atoms with Crippen molar-refractivity contribution in [1.82, 2.24) is 9.88 Å². The van der Waals surface area contributed by atoms with E-state index < -0.39 is 11.7 Å². The first-order chi connectivity index (χ1) is 13.3. The largest absolute Gasteiger partial charge is 0.416 e. The molecule has 0 spiro atoms. The first-order valence-corrected chi connectivity index (χ1v) is 9.16. The lowest BCUT2D eigenvalue weighted by atomic mass is 9.98. The molecule has 0 N–H and O–H groups in total. The van der Waals surface area contributed by atoms with Gasteiger partial charge in [0.1, 0.15) is 6.61 Å². The minimum absolute atomic E-state index is 0.0253. The average Bonchev–Trinajstić information content (AvgIpc) is 3.11. The molecule has 1 aromatic heterocycles. The monoisotopic (exact) mass is 392 g/mol. The number of methoxy groups -OCH3 is 1. The lowest BCUT2D eigenvalue weighted by Gasteiger charge is -2.16. The second-order valence-corrected chi connectivity index (χ2v) is 7.17. The first kappa shape index (κ1) is 20.3. The van der Waals surface area contributed by atoms with Crippen LogP contribution < -0.4 is 0 Å². The van der Waals surface area contributed by atoms with Gasteiger partial charge < -0.3 is 9.64 Å². The van der Waals surface area contributed by atoms with E-state index in [1.165, 1.54) is 19.2 Å². The summed E-state index contributed by atoms with van der Waals surface area (Å²) in [5.41, 5.74) is 2.96. The van der Waals surface area contributed by atoms with E-state index in [9.17, 15) is 18.0 Å². The lowest BCUT2D eigenvalue weighted by molar-refractivity contribution is -0.137. The number of benzene rings is 1. The molecule has 0 saturated carbocycles. The number of rotatable bonds is 5. The van der Waals surface area contributed by atoms with Gasteiger partial charge in [-0.3, -0.25) is 9.78 Å². The Kier molecular flexibility index (Phi) is 6.03. The van der Waals surface area contributed by atoms with Crippen molar-refractivity contribution in [3.63, 3.8) is 0 Å². The van der Waals surface area contributed by atoms with Gasteiger partial charge in [0.25, 0.3) is 0 Å². The van der Waals surface area contributed by atoms with Gasteiger partial charge in [0.15, 0.2) is 0 Å². The molecule has 150 valence electrons. The number of aryl methyl sites for hydroxylation is 1. The SMILES string of the molecule is COCC(=O)N1CC[C@@H](c2cc(Cc3ccc(C(F)(F)F)cc3)cc(C)n2)C1. The fourth-order valence-corrected chi connectivity index (χ4v) is 3.57. The minimum Gasteiger partial charge on any atom is -0.375 e. The number of likely N-dealkylation sites (tertiary alicyclic amines) is 1. The Morgan fingerprint density at radius 2 is 1.93 bits per heavy atom. The van der Waals surface area contributed by atoms with Crippen LogP contribution >= 0.6 is 0 Å². The van der Waals surface area contributed by atoms with Crippen LogP contribution in [0.1, 0.15) is 40.4 Å². The number of hydrogen-bond donors (Lipinski definition) is 0. The van der Waals surface area contributed by atoms with Crippen LogP contribution in [-0.2, 0) is 22.1 Å². The fraction of sp³-hybridized carbons (Fsp3) is 0.429. The van der Waals surface area contributed by atoms with Crippen LogP contribution in [0.3, 0.4) is 0 Å². The van der Waals surface area contributed by atoms with Crippen LogP contribution in [0.2, 0.25) is 0 Å². The Morgan fingerprint density at radius 1 is 1.21 bits per heavy atom. The number of amides is 1. The summed E-state index contributed by atoms with van der Waals surface area (Å²) in [5, 5.41) is 0. The molecule has 4 nitrogen and oxygen atoms in total. The second kappa shape index (κ2) is 8.31. The summed E-state index contributed by atoms with van der Waals surface area (Å²) < 4.78 is 43.1. The molecular formula is C21H23F3N2O2. The molecule has 2 heterocycles. The van der Waals surface area contributed by atoms with Gasteiger partial charge in [-0.1, -0.05) is 12.1 Å². The zero-order valence-corrected chi connectivity index (χ0v) is 15.9. The maximum Gasteiger partial charge on any atom is 0.416 e. The van der Waals surface area contributed by atoms with Gasteiger partial charge in [-0.25, -0.2) is 0 Å². The van der Waals surface area contributed by atoms with Crippen molar-refractivity contribution in [2.45, 2.75) is 31.9 Å². The zero-order valence-electron chi connectivity index (χ0n) is 15.9. The Hall–Kier alpha value is -2.41. The molecule has 1 saturated heterocycles. The topological polar surface area (TPSA) is 42.4 Å². The van der Waals surface area contributed by atoms with Gasteiger partial charge in [0.2, 0.25) is 5.91 Å². The number of pyridine rings is 1. The zero-order chi connectivity index (χ0) is 20.3. The summed E-state index contributed by atoms with van der Waals surface area (Å²) in [6.07, 6.45) is -2.95. The fourth-order valence-electron chi connectivity index (χ4n) is 3.57. The second-order valence-electron chi connectivity index (χ2n) is 7.17. The predicted octanol–water partition coefficient (Wildman–Crippen LogP) is 3.96. The highest BCUT2D eigenvalue weighted by molar-refractivity contribution is 5.77. The molecule has 0 bridgehead atoms. The van der Waals surface area contributed by atoms with Gasteiger partial charge in [-0.05, 0) is 55.2 Å². The van der Waals surface area contributed by atoms with Crippen LogP contribution in [0.4, 0.5) is 13.2 Å². The first-order valence-electron chi connectivity index (χ1n) is 9.16. The molecule has 1 fully saturated rings. The number of halogens is 3. The van der Waals surface area contributed by atoms with Gasteiger partial charge in [0, 0.05) is 37.5 Å². The third-order valence-electron chi connectivity index (χ3n) is 4.95. The van der Waals surface area contributed by atoms with Crippen molar-refractivity contribution in [2.75, 3.05) is 26.8 Å². The van der Waals surface area contributed by atoms with E-state index in [-0.39, 0.29) is 18.4 Å². The van der Waals surface area contributed by atoms with E-state index in [1.54, 1.807) is 4.90 Å². The summed E-state index contributed by atoms with van der Waals surface area (Å²) in [4.78, 5) is 18.4. The van der Waals surface area contributed by atoms with Crippen molar-refractivity contribution >= 4 is 5.91 Å². The standard InChI is InChI=1S/C21H23F3N2O2/c1-14-9-16(10-15-3-5-18(6-4-15)21(22,23)24)11-19(25-14)17-7-8-26(12-17)20(27)13-28-2/h3-6,9,11,17H,7-8,10,12-13H2,1-2H3/t17-/m1/s1. The highest BCUT2D eigenvalue weighted by Gasteiger charge is 2.30. The number of nitrogens with zero attached hydrogens (tertiary/aromatic N) is 2. The van der Waals surface area contributed by atoms with Gasteiger partial charge >= 0.3 is 6.18 Å². The quantitative estimate of drug-likeness (QED) is 0.774. The number of aromatic nitrogens is 1. The molecule has 1 amide bonds. The molecule has 1 aromatic carbocycles. The number of carbonyl (C=O) groups excluding carboxylic acids is 1. The molecule has 0 unspecified atom stereocenters. The minimum atomic E-state index is -4.33. The molecular weight excluding hydrogens is 369 g/mol. The van der Waals surface area contributed by atoms with Crippen molar-refractivity contribution in [3.8, 4) is 0 Å². The van der Waals surface area contributed by atoms with E-state index in [4.69, 9.17) is 4.74 Å². The van der Waals surface area contributed by atoms with Crippen LogP contribution in [0.25, 0.3) is 0 Å². The number of ether oxygens (including phenoxy) is 1. The number of alkyl halides is 3.